The molecule has 34 heavy (non-hydrogen) atoms. The Bertz CT molecular complexity index is 1300. The maximum absolute atomic E-state index is 13.3. The predicted octanol–water partition coefficient (Wildman–Crippen LogP) is 3.76. The highest BCUT2D eigenvalue weighted by Gasteiger charge is 2.34. The Hall–Kier alpha value is -2.91. The molecular formula is C25H31N5O3S. The zero-order valence-electron chi connectivity index (χ0n) is 19.9. The van der Waals surface area contributed by atoms with Gasteiger partial charge in [0, 0.05) is 36.6 Å². The maximum atomic E-state index is 13.3. The lowest BCUT2D eigenvalue weighted by molar-refractivity contribution is 0.0748. The molecule has 5 rings (SSSR count). The number of hydrogen-bond donors (Lipinski definition) is 0. The van der Waals surface area contributed by atoms with Crippen molar-refractivity contribution in [1.29, 1.82) is 0 Å². The van der Waals surface area contributed by atoms with Gasteiger partial charge in [-0.15, -0.1) is 0 Å². The Kier molecular flexibility index (Phi) is 5.64. The predicted molar refractivity (Wildman–Crippen MR) is 129 cm³/mol. The third kappa shape index (κ3) is 3.96. The summed E-state index contributed by atoms with van der Waals surface area (Å²) in [6.07, 6.45) is 6.83. The Morgan fingerprint density at radius 3 is 2.21 bits per heavy atom. The number of piperidine rings is 1. The Balaban J connectivity index is 1.37. The number of fused-ring (bicyclic) bond motifs is 1. The van der Waals surface area contributed by atoms with Crippen molar-refractivity contribution in [3.05, 3.63) is 65.6 Å². The van der Waals surface area contributed by atoms with Gasteiger partial charge in [-0.1, -0.05) is 6.42 Å². The van der Waals surface area contributed by atoms with Gasteiger partial charge in [-0.25, -0.2) is 13.1 Å². The van der Waals surface area contributed by atoms with Crippen LogP contribution in [-0.4, -0.2) is 51.0 Å². The van der Waals surface area contributed by atoms with Crippen LogP contribution in [0.2, 0.25) is 0 Å². The van der Waals surface area contributed by atoms with Crippen LogP contribution in [0.4, 0.5) is 0 Å². The van der Waals surface area contributed by atoms with Crippen molar-refractivity contribution in [3.63, 3.8) is 0 Å². The Morgan fingerprint density at radius 2 is 1.59 bits per heavy atom. The fourth-order valence-corrected chi connectivity index (χ4v) is 6.28. The second-order valence-corrected chi connectivity index (χ2v) is 12.0. The fraction of sp³-hybridized carbons (Fsp3) is 0.440. The summed E-state index contributed by atoms with van der Waals surface area (Å²) >= 11 is 0. The molecule has 0 saturated carbocycles. The van der Waals surface area contributed by atoms with Crippen LogP contribution in [0.5, 0.6) is 0 Å². The van der Waals surface area contributed by atoms with Crippen LogP contribution >= 0.6 is 0 Å². The summed E-state index contributed by atoms with van der Waals surface area (Å²) < 4.78 is 31.5. The van der Waals surface area contributed by atoms with Crippen LogP contribution in [0.1, 0.15) is 61.6 Å². The molecule has 1 saturated heterocycles. The standard InChI is InChI=1S/C25H31N5O3S/c1-25(2,3)30-23(27-13-7-8-14-27)21-17-28(18-22(21)26-30)24(31)19-9-11-20(12-10-19)34(32,33)29-15-5-4-6-16-29/h7-14H,4-6,15-18H2,1-3H3. The number of carbonyl (C=O) groups excluding carboxylic acids is 1. The average molecular weight is 482 g/mol. The number of amides is 1. The van der Waals surface area contributed by atoms with E-state index in [-0.39, 0.29) is 16.3 Å². The van der Waals surface area contributed by atoms with E-state index in [0.717, 1.165) is 36.3 Å². The molecule has 0 atom stereocenters. The van der Waals surface area contributed by atoms with Gasteiger partial charge in [0.25, 0.3) is 5.91 Å². The van der Waals surface area contributed by atoms with E-state index in [2.05, 4.69) is 20.8 Å². The van der Waals surface area contributed by atoms with E-state index in [9.17, 15) is 13.2 Å². The van der Waals surface area contributed by atoms with Gasteiger partial charge in [-0.05, 0) is 70.0 Å². The topological polar surface area (TPSA) is 80.4 Å². The molecule has 180 valence electrons. The van der Waals surface area contributed by atoms with Crippen molar-refractivity contribution >= 4 is 15.9 Å². The Morgan fingerprint density at radius 1 is 0.941 bits per heavy atom. The zero-order valence-corrected chi connectivity index (χ0v) is 20.8. The van der Waals surface area contributed by atoms with Crippen LogP contribution in [0.15, 0.2) is 53.7 Å². The molecule has 0 aliphatic carbocycles. The second kappa shape index (κ2) is 8.39. The lowest BCUT2D eigenvalue weighted by Crippen LogP contribution is -2.35. The third-order valence-corrected chi connectivity index (χ3v) is 8.47. The summed E-state index contributed by atoms with van der Waals surface area (Å²) in [6.45, 7) is 8.36. The minimum atomic E-state index is -3.51. The molecule has 1 fully saturated rings. The highest BCUT2D eigenvalue weighted by atomic mass is 32.2. The molecule has 1 aromatic carbocycles. The lowest BCUT2D eigenvalue weighted by Gasteiger charge is -2.26. The van der Waals surface area contributed by atoms with E-state index in [4.69, 9.17) is 5.10 Å². The number of aromatic nitrogens is 3. The first kappa shape index (κ1) is 22.9. The number of rotatable bonds is 4. The van der Waals surface area contributed by atoms with Crippen molar-refractivity contribution in [2.45, 2.75) is 63.6 Å². The van der Waals surface area contributed by atoms with Crippen LogP contribution in [-0.2, 0) is 28.7 Å². The summed E-state index contributed by atoms with van der Waals surface area (Å²) in [7, 11) is -3.51. The molecule has 9 heteroatoms. The molecule has 1 amide bonds. The third-order valence-electron chi connectivity index (χ3n) is 6.55. The first-order chi connectivity index (χ1) is 16.2. The number of hydrogen-bond acceptors (Lipinski definition) is 4. The summed E-state index contributed by atoms with van der Waals surface area (Å²) in [5.74, 6) is 0.853. The number of benzene rings is 1. The molecule has 0 spiro atoms. The number of carbonyl (C=O) groups is 1. The van der Waals surface area contributed by atoms with E-state index in [0.29, 0.717) is 31.7 Å². The van der Waals surface area contributed by atoms with Gasteiger partial charge in [-0.3, -0.25) is 4.79 Å². The molecule has 2 aromatic heterocycles. The van der Waals surface area contributed by atoms with Crippen LogP contribution in [0.3, 0.4) is 0 Å². The summed E-state index contributed by atoms with van der Waals surface area (Å²) in [5.41, 5.74) is 2.23. The van der Waals surface area contributed by atoms with Gasteiger partial charge < -0.3 is 9.47 Å². The first-order valence-electron chi connectivity index (χ1n) is 11.8. The lowest BCUT2D eigenvalue weighted by atomic mass is 10.1. The Labute approximate surface area is 200 Å². The monoisotopic (exact) mass is 481 g/mol. The minimum absolute atomic E-state index is 0.124. The number of nitrogens with zero attached hydrogens (tertiary/aromatic N) is 5. The molecule has 0 bridgehead atoms. The molecular weight excluding hydrogens is 450 g/mol. The summed E-state index contributed by atoms with van der Waals surface area (Å²) in [4.78, 5) is 15.3. The second-order valence-electron chi connectivity index (χ2n) is 10.1. The summed E-state index contributed by atoms with van der Waals surface area (Å²) in [6, 6.07) is 10.3. The van der Waals surface area contributed by atoms with Crippen LogP contribution in [0.25, 0.3) is 5.82 Å². The normalized spacial score (nSPS) is 17.2. The largest absolute Gasteiger partial charge is 0.328 e. The van der Waals surface area contributed by atoms with Crippen molar-refractivity contribution in [2.75, 3.05) is 13.1 Å². The van der Waals surface area contributed by atoms with Gasteiger partial charge in [0.1, 0.15) is 5.82 Å². The van der Waals surface area contributed by atoms with Gasteiger partial charge in [-0.2, -0.15) is 9.40 Å². The van der Waals surface area contributed by atoms with Gasteiger partial charge in [0.2, 0.25) is 10.0 Å². The van der Waals surface area contributed by atoms with Crippen molar-refractivity contribution in [3.8, 4) is 5.82 Å². The molecule has 3 aromatic rings. The average Bonchev–Trinajstić information content (AvgIpc) is 3.55. The van der Waals surface area contributed by atoms with E-state index in [1.54, 1.807) is 33.5 Å². The quantitative estimate of drug-likeness (QED) is 0.568. The molecule has 0 radical (unpaired) electrons. The molecule has 8 nitrogen and oxygen atoms in total. The number of sulfonamides is 1. The minimum Gasteiger partial charge on any atom is -0.328 e. The van der Waals surface area contributed by atoms with E-state index < -0.39 is 10.0 Å². The van der Waals surface area contributed by atoms with Gasteiger partial charge in [0.15, 0.2) is 0 Å². The zero-order chi connectivity index (χ0) is 24.1. The van der Waals surface area contributed by atoms with E-state index in [1.807, 2.05) is 33.8 Å². The van der Waals surface area contributed by atoms with Crippen LogP contribution < -0.4 is 0 Å². The van der Waals surface area contributed by atoms with Crippen molar-refractivity contribution in [1.82, 2.24) is 23.6 Å². The summed E-state index contributed by atoms with van der Waals surface area (Å²) in [5, 5.41) is 4.86. The van der Waals surface area contributed by atoms with Gasteiger partial charge >= 0.3 is 0 Å². The highest BCUT2D eigenvalue weighted by molar-refractivity contribution is 7.89. The van der Waals surface area contributed by atoms with Crippen LogP contribution in [0, 0.1) is 0 Å². The molecule has 0 unspecified atom stereocenters. The molecule has 2 aliphatic rings. The molecule has 0 N–H and O–H groups in total. The van der Waals surface area contributed by atoms with Crippen molar-refractivity contribution < 1.29 is 13.2 Å². The molecule has 2 aliphatic heterocycles. The SMILES string of the molecule is CC(C)(C)n1nc2c(c1-n1cccc1)CN(C(=O)c1ccc(S(=O)(=O)N3CCCCC3)cc1)C2. The highest BCUT2D eigenvalue weighted by Crippen LogP contribution is 2.33. The first-order valence-corrected chi connectivity index (χ1v) is 13.2. The van der Waals surface area contributed by atoms with Gasteiger partial charge in [0.05, 0.1) is 29.2 Å². The smallest absolute Gasteiger partial charge is 0.254 e. The van der Waals surface area contributed by atoms with Crippen molar-refractivity contribution in [2.24, 2.45) is 0 Å². The van der Waals surface area contributed by atoms with E-state index in [1.165, 1.54) is 0 Å². The molecule has 4 heterocycles. The maximum Gasteiger partial charge on any atom is 0.254 e. The fourth-order valence-electron chi connectivity index (χ4n) is 4.76. The van der Waals surface area contributed by atoms with E-state index >= 15 is 0 Å².